The van der Waals surface area contributed by atoms with E-state index in [-0.39, 0.29) is 18.9 Å². The molecule has 0 aromatic rings. The molecule has 0 aromatic carbocycles. The highest BCUT2D eigenvalue weighted by Gasteiger charge is 2.35. The van der Waals surface area contributed by atoms with Gasteiger partial charge >= 0.3 is 5.97 Å². The Bertz CT molecular complexity index is 335. The lowest BCUT2D eigenvalue weighted by atomic mass is 9.94. The fourth-order valence-electron chi connectivity index (χ4n) is 1.36. The molecule has 0 saturated heterocycles. The van der Waals surface area contributed by atoms with Crippen molar-refractivity contribution >= 4 is 11.9 Å². The third kappa shape index (κ3) is 2.93. The summed E-state index contributed by atoms with van der Waals surface area (Å²) in [6.45, 7) is 0.0941. The molecule has 1 unspecified atom stereocenters. The third-order valence-electron chi connectivity index (χ3n) is 2.32. The van der Waals surface area contributed by atoms with E-state index in [1.54, 1.807) is 18.2 Å². The van der Waals surface area contributed by atoms with Gasteiger partial charge in [0.05, 0.1) is 6.42 Å². The Kier molecular flexibility index (Phi) is 4.25. The number of carboxylic acids is 1. The smallest absolute Gasteiger partial charge is 0.305 e. The maximum absolute atomic E-state index is 11.8. The number of allylic oxidation sites excluding steroid dienone is 2. The van der Waals surface area contributed by atoms with Gasteiger partial charge < -0.3 is 15.2 Å². The van der Waals surface area contributed by atoms with E-state index >= 15 is 0 Å². The first kappa shape index (κ1) is 12.4. The molecule has 0 aromatic heterocycles. The molecule has 0 heterocycles. The van der Waals surface area contributed by atoms with E-state index in [2.05, 4.69) is 11.4 Å². The predicted molar refractivity (Wildman–Crippen MR) is 56.6 cm³/mol. The summed E-state index contributed by atoms with van der Waals surface area (Å²) in [5.41, 5.74) is -1.05. The molecule has 1 aliphatic rings. The van der Waals surface area contributed by atoms with Crippen LogP contribution in [0.25, 0.3) is 0 Å². The number of rotatable bonds is 5. The lowest BCUT2D eigenvalue weighted by Crippen LogP contribution is -2.47. The molecule has 5 heteroatoms. The summed E-state index contributed by atoms with van der Waals surface area (Å²) in [5.74, 6) is -1.29. The quantitative estimate of drug-likeness (QED) is 0.703. The first-order chi connectivity index (χ1) is 7.60. The minimum atomic E-state index is -1.05. The van der Waals surface area contributed by atoms with Gasteiger partial charge in [0.1, 0.15) is 0 Å². The number of ether oxygens (including phenoxy) is 1. The molecule has 1 amide bonds. The Morgan fingerprint density at radius 3 is 2.88 bits per heavy atom. The zero-order valence-corrected chi connectivity index (χ0v) is 9.03. The highest BCUT2D eigenvalue weighted by atomic mass is 16.5. The molecule has 0 aliphatic heterocycles. The first-order valence-corrected chi connectivity index (χ1v) is 4.90. The predicted octanol–water partition coefficient (Wildman–Crippen LogP) is 0.282. The molecule has 1 atom stereocenters. The van der Waals surface area contributed by atoms with E-state index in [1.165, 1.54) is 7.11 Å². The van der Waals surface area contributed by atoms with Crippen molar-refractivity contribution in [2.45, 2.75) is 18.4 Å². The zero-order chi connectivity index (χ0) is 12.0. The molecule has 2 N–H and O–H groups in total. The van der Waals surface area contributed by atoms with Crippen LogP contribution in [0.5, 0.6) is 0 Å². The molecular formula is C11H14NO4. The average molecular weight is 224 g/mol. The summed E-state index contributed by atoms with van der Waals surface area (Å²) in [7, 11) is 1.44. The number of carbonyl (C=O) groups is 2. The zero-order valence-electron chi connectivity index (χ0n) is 9.03. The maximum atomic E-state index is 11.8. The normalized spacial score (nSPS) is 23.1. The first-order valence-electron chi connectivity index (χ1n) is 4.90. The van der Waals surface area contributed by atoms with Crippen LogP contribution in [0, 0.1) is 6.08 Å². The van der Waals surface area contributed by atoms with Crippen LogP contribution in [0.15, 0.2) is 18.2 Å². The van der Waals surface area contributed by atoms with Gasteiger partial charge in [0.15, 0.2) is 5.60 Å². The van der Waals surface area contributed by atoms with Crippen LogP contribution in [0.1, 0.15) is 12.8 Å². The van der Waals surface area contributed by atoms with Gasteiger partial charge in [0, 0.05) is 20.1 Å². The van der Waals surface area contributed by atoms with Crippen molar-refractivity contribution in [3.05, 3.63) is 24.3 Å². The van der Waals surface area contributed by atoms with Gasteiger partial charge in [0.2, 0.25) is 0 Å². The van der Waals surface area contributed by atoms with E-state index in [9.17, 15) is 9.59 Å². The molecule has 0 saturated carbocycles. The topological polar surface area (TPSA) is 75.6 Å². The van der Waals surface area contributed by atoms with Crippen molar-refractivity contribution in [3.63, 3.8) is 0 Å². The Labute approximate surface area is 93.8 Å². The number of hydrogen-bond acceptors (Lipinski definition) is 3. The molecule has 0 bridgehead atoms. The summed E-state index contributed by atoms with van der Waals surface area (Å²) >= 11 is 0. The number of carboxylic acid groups (broad SMARTS) is 1. The highest BCUT2D eigenvalue weighted by Crippen LogP contribution is 2.21. The minimum absolute atomic E-state index is 0.0941. The fraction of sp³-hybridized carbons (Fsp3) is 0.455. The summed E-state index contributed by atoms with van der Waals surface area (Å²) < 4.78 is 5.17. The third-order valence-corrected chi connectivity index (χ3v) is 2.32. The van der Waals surface area contributed by atoms with Gasteiger partial charge in [-0.25, -0.2) is 0 Å². The molecule has 0 fully saturated rings. The van der Waals surface area contributed by atoms with Crippen LogP contribution in [-0.2, 0) is 14.3 Å². The Morgan fingerprint density at radius 2 is 2.38 bits per heavy atom. The second-order valence-electron chi connectivity index (χ2n) is 3.40. The average Bonchev–Trinajstić information content (AvgIpc) is 2.29. The van der Waals surface area contributed by atoms with Gasteiger partial charge in [-0.05, 0) is 12.2 Å². The summed E-state index contributed by atoms with van der Waals surface area (Å²) in [4.78, 5) is 22.1. The van der Waals surface area contributed by atoms with Crippen molar-refractivity contribution in [1.82, 2.24) is 5.32 Å². The molecular weight excluding hydrogens is 210 g/mol. The molecule has 16 heavy (non-hydrogen) atoms. The van der Waals surface area contributed by atoms with Crippen molar-refractivity contribution in [3.8, 4) is 0 Å². The lowest BCUT2D eigenvalue weighted by Gasteiger charge is -2.27. The SMILES string of the molecule is COC1(C(=O)NCCC(=O)O)C=CC=[C]C1. The largest absolute Gasteiger partial charge is 0.481 e. The van der Waals surface area contributed by atoms with Crippen LogP contribution >= 0.6 is 0 Å². The van der Waals surface area contributed by atoms with Gasteiger partial charge in [-0.1, -0.05) is 12.2 Å². The van der Waals surface area contributed by atoms with Crippen LogP contribution in [-0.4, -0.2) is 36.2 Å². The van der Waals surface area contributed by atoms with Crippen LogP contribution in [0.3, 0.4) is 0 Å². The standard InChI is InChI=1S/C11H14NO4/c1-16-11(6-3-2-4-7-11)10(15)12-8-5-9(13)14/h2-3,6H,5,7-8H2,1H3,(H,12,15)(H,13,14). The molecule has 1 rings (SSSR count). The van der Waals surface area contributed by atoms with E-state index in [4.69, 9.17) is 9.84 Å². The van der Waals surface area contributed by atoms with Crippen molar-refractivity contribution in [1.29, 1.82) is 0 Å². The summed E-state index contributed by atoms with van der Waals surface area (Å²) in [6.07, 6.45) is 8.16. The summed E-state index contributed by atoms with van der Waals surface area (Å²) in [5, 5.41) is 11.0. The van der Waals surface area contributed by atoms with E-state index in [0.717, 1.165) is 0 Å². The van der Waals surface area contributed by atoms with Gasteiger partial charge in [-0.2, -0.15) is 0 Å². The van der Waals surface area contributed by atoms with Gasteiger partial charge in [0.25, 0.3) is 5.91 Å². The van der Waals surface area contributed by atoms with Crippen LogP contribution < -0.4 is 5.32 Å². The van der Waals surface area contributed by atoms with Crippen molar-refractivity contribution in [2.75, 3.05) is 13.7 Å². The molecule has 1 aliphatic carbocycles. The number of hydrogen-bond donors (Lipinski definition) is 2. The lowest BCUT2D eigenvalue weighted by molar-refractivity contribution is -0.139. The molecule has 1 radical (unpaired) electrons. The number of carbonyl (C=O) groups excluding carboxylic acids is 1. The monoisotopic (exact) mass is 224 g/mol. The number of methoxy groups -OCH3 is 1. The van der Waals surface area contributed by atoms with Crippen molar-refractivity contribution < 1.29 is 19.4 Å². The van der Waals surface area contributed by atoms with Crippen LogP contribution in [0.4, 0.5) is 0 Å². The van der Waals surface area contributed by atoms with Gasteiger partial charge in [-0.3, -0.25) is 9.59 Å². The fourth-order valence-corrected chi connectivity index (χ4v) is 1.36. The van der Waals surface area contributed by atoms with E-state index in [0.29, 0.717) is 6.42 Å². The Hall–Kier alpha value is -1.62. The Balaban J connectivity index is 2.53. The molecule has 0 spiro atoms. The number of nitrogens with one attached hydrogen (secondary N) is 1. The molecule has 5 nitrogen and oxygen atoms in total. The number of amides is 1. The van der Waals surface area contributed by atoms with Crippen LogP contribution in [0.2, 0.25) is 0 Å². The molecule has 87 valence electrons. The second kappa shape index (κ2) is 5.46. The van der Waals surface area contributed by atoms with E-state index in [1.807, 2.05) is 0 Å². The minimum Gasteiger partial charge on any atom is -0.481 e. The van der Waals surface area contributed by atoms with E-state index < -0.39 is 11.6 Å². The Morgan fingerprint density at radius 1 is 1.62 bits per heavy atom. The number of aliphatic carboxylic acids is 1. The summed E-state index contributed by atoms with van der Waals surface area (Å²) in [6, 6.07) is 0. The van der Waals surface area contributed by atoms with Crippen molar-refractivity contribution in [2.24, 2.45) is 0 Å². The highest BCUT2D eigenvalue weighted by molar-refractivity contribution is 5.88. The maximum Gasteiger partial charge on any atom is 0.305 e. The second-order valence-corrected chi connectivity index (χ2v) is 3.40. The van der Waals surface area contributed by atoms with Gasteiger partial charge in [-0.15, -0.1) is 0 Å².